The van der Waals surface area contributed by atoms with Gasteiger partial charge in [0.05, 0.1) is 13.1 Å². The van der Waals surface area contributed by atoms with Crippen LogP contribution in [0, 0.1) is 0 Å². The standard InChI is InChI=1S/C8H8F2N2/c9-8(10)5-12(6-8)7-3-1-2-4-11-7/h1-4H,5-6H2. The first-order valence-electron chi connectivity index (χ1n) is 3.71. The summed E-state index contributed by atoms with van der Waals surface area (Å²) in [5.41, 5.74) is 0. The van der Waals surface area contributed by atoms with Crippen LogP contribution in [0.3, 0.4) is 0 Å². The third-order valence-corrected chi connectivity index (χ3v) is 1.82. The second-order valence-electron chi connectivity index (χ2n) is 2.90. The van der Waals surface area contributed by atoms with Gasteiger partial charge in [0, 0.05) is 6.20 Å². The molecule has 2 nitrogen and oxygen atoms in total. The highest BCUT2D eigenvalue weighted by molar-refractivity contribution is 5.42. The molecule has 1 fully saturated rings. The van der Waals surface area contributed by atoms with Crippen LogP contribution >= 0.6 is 0 Å². The van der Waals surface area contributed by atoms with Crippen LogP contribution in [0.5, 0.6) is 0 Å². The molecule has 0 spiro atoms. The third-order valence-electron chi connectivity index (χ3n) is 1.82. The first-order valence-corrected chi connectivity index (χ1v) is 3.71. The third kappa shape index (κ3) is 1.24. The molecule has 1 aliphatic rings. The molecule has 64 valence electrons. The Balaban J connectivity index is 2.06. The fourth-order valence-corrected chi connectivity index (χ4v) is 1.21. The van der Waals surface area contributed by atoms with Crippen molar-refractivity contribution in [3.05, 3.63) is 24.4 Å². The SMILES string of the molecule is FC1(F)CN(c2ccccn2)C1. The molecule has 1 aromatic rings. The molecule has 4 heteroatoms. The Morgan fingerprint density at radius 1 is 1.33 bits per heavy atom. The highest BCUT2D eigenvalue weighted by Crippen LogP contribution is 2.29. The fraction of sp³-hybridized carbons (Fsp3) is 0.375. The van der Waals surface area contributed by atoms with Gasteiger partial charge in [-0.25, -0.2) is 13.8 Å². The van der Waals surface area contributed by atoms with Crippen molar-refractivity contribution in [2.45, 2.75) is 5.92 Å². The minimum absolute atomic E-state index is 0.204. The number of alkyl halides is 2. The van der Waals surface area contributed by atoms with Crippen LogP contribution in [0.25, 0.3) is 0 Å². The Kier molecular flexibility index (Phi) is 1.49. The summed E-state index contributed by atoms with van der Waals surface area (Å²) in [7, 11) is 0. The number of pyridine rings is 1. The summed E-state index contributed by atoms with van der Waals surface area (Å²) < 4.78 is 24.8. The van der Waals surface area contributed by atoms with Crippen LogP contribution in [0.4, 0.5) is 14.6 Å². The number of hydrogen-bond donors (Lipinski definition) is 0. The lowest BCUT2D eigenvalue weighted by molar-refractivity contribution is -0.0266. The van der Waals surface area contributed by atoms with E-state index in [1.54, 1.807) is 29.3 Å². The van der Waals surface area contributed by atoms with Gasteiger partial charge in [0.25, 0.3) is 5.92 Å². The highest BCUT2D eigenvalue weighted by Gasteiger charge is 2.44. The summed E-state index contributed by atoms with van der Waals surface area (Å²) in [4.78, 5) is 5.51. The van der Waals surface area contributed by atoms with Crippen molar-refractivity contribution >= 4 is 5.82 Å². The monoisotopic (exact) mass is 170 g/mol. The van der Waals surface area contributed by atoms with E-state index in [4.69, 9.17) is 0 Å². The highest BCUT2D eigenvalue weighted by atomic mass is 19.3. The van der Waals surface area contributed by atoms with Crippen LogP contribution in [0.2, 0.25) is 0 Å². The van der Waals surface area contributed by atoms with Crippen molar-refractivity contribution in [3.8, 4) is 0 Å². The quantitative estimate of drug-likeness (QED) is 0.635. The zero-order valence-corrected chi connectivity index (χ0v) is 6.37. The molecular formula is C8H8F2N2. The van der Waals surface area contributed by atoms with E-state index in [0.717, 1.165) is 0 Å². The Morgan fingerprint density at radius 2 is 2.08 bits per heavy atom. The van der Waals surface area contributed by atoms with Gasteiger partial charge >= 0.3 is 0 Å². The molecule has 0 aromatic carbocycles. The van der Waals surface area contributed by atoms with Gasteiger partial charge in [-0.2, -0.15) is 0 Å². The zero-order valence-electron chi connectivity index (χ0n) is 6.37. The second kappa shape index (κ2) is 2.40. The maximum atomic E-state index is 12.4. The predicted molar refractivity (Wildman–Crippen MR) is 41.4 cm³/mol. The van der Waals surface area contributed by atoms with Crippen molar-refractivity contribution in [2.75, 3.05) is 18.0 Å². The molecule has 0 saturated carbocycles. The van der Waals surface area contributed by atoms with Crippen molar-refractivity contribution in [2.24, 2.45) is 0 Å². The molecule has 0 N–H and O–H groups in total. The van der Waals surface area contributed by atoms with E-state index < -0.39 is 5.92 Å². The molecule has 0 bridgehead atoms. The van der Waals surface area contributed by atoms with Gasteiger partial charge in [0.2, 0.25) is 0 Å². The van der Waals surface area contributed by atoms with E-state index in [0.29, 0.717) is 5.82 Å². The van der Waals surface area contributed by atoms with Gasteiger partial charge in [-0.1, -0.05) is 6.07 Å². The van der Waals surface area contributed by atoms with Crippen LogP contribution in [-0.2, 0) is 0 Å². The summed E-state index contributed by atoms with van der Waals surface area (Å²) in [6.45, 7) is -0.409. The Morgan fingerprint density at radius 3 is 2.58 bits per heavy atom. The number of hydrogen-bond acceptors (Lipinski definition) is 2. The first-order chi connectivity index (χ1) is 5.67. The van der Waals surface area contributed by atoms with Crippen molar-refractivity contribution < 1.29 is 8.78 Å². The van der Waals surface area contributed by atoms with Crippen LogP contribution in [0.15, 0.2) is 24.4 Å². The molecule has 1 aliphatic heterocycles. The fourth-order valence-electron chi connectivity index (χ4n) is 1.21. The van der Waals surface area contributed by atoms with Crippen LogP contribution in [0.1, 0.15) is 0 Å². The molecule has 0 amide bonds. The van der Waals surface area contributed by atoms with E-state index in [1.807, 2.05) is 0 Å². The summed E-state index contributed by atoms with van der Waals surface area (Å²) in [5, 5.41) is 0. The topological polar surface area (TPSA) is 16.1 Å². The Labute approximate surface area is 68.8 Å². The molecule has 0 unspecified atom stereocenters. The van der Waals surface area contributed by atoms with E-state index in [2.05, 4.69) is 4.98 Å². The number of nitrogens with zero attached hydrogens (tertiary/aromatic N) is 2. The lowest BCUT2D eigenvalue weighted by Crippen LogP contribution is -2.56. The van der Waals surface area contributed by atoms with Crippen molar-refractivity contribution in [1.29, 1.82) is 0 Å². The number of halogens is 2. The summed E-state index contributed by atoms with van der Waals surface area (Å²) >= 11 is 0. The molecule has 1 aromatic heterocycles. The molecule has 0 atom stereocenters. The Hall–Kier alpha value is -1.19. The predicted octanol–water partition coefficient (Wildman–Crippen LogP) is 1.54. The van der Waals surface area contributed by atoms with Crippen LogP contribution in [-0.4, -0.2) is 24.0 Å². The molecule has 2 heterocycles. The van der Waals surface area contributed by atoms with Crippen molar-refractivity contribution in [1.82, 2.24) is 4.98 Å². The zero-order chi connectivity index (χ0) is 8.60. The molecule has 0 aliphatic carbocycles. The van der Waals surface area contributed by atoms with Gasteiger partial charge in [0.1, 0.15) is 5.82 Å². The van der Waals surface area contributed by atoms with Gasteiger partial charge in [-0.05, 0) is 12.1 Å². The molecule has 12 heavy (non-hydrogen) atoms. The van der Waals surface area contributed by atoms with Crippen LogP contribution < -0.4 is 4.90 Å². The summed E-state index contributed by atoms with van der Waals surface area (Å²) in [6.07, 6.45) is 1.60. The smallest absolute Gasteiger partial charge is 0.282 e. The molecule has 2 rings (SSSR count). The average molecular weight is 170 g/mol. The number of aromatic nitrogens is 1. The van der Waals surface area contributed by atoms with Gasteiger partial charge in [-0.15, -0.1) is 0 Å². The Bertz CT molecular complexity index is 266. The summed E-state index contributed by atoms with van der Waals surface area (Å²) in [5.74, 6) is -1.89. The normalized spacial score (nSPS) is 20.3. The average Bonchev–Trinajstić information content (AvgIpc) is 2.02. The summed E-state index contributed by atoms with van der Waals surface area (Å²) in [6, 6.07) is 5.29. The molecular weight excluding hydrogens is 162 g/mol. The maximum Gasteiger partial charge on any atom is 0.282 e. The first kappa shape index (κ1) is 7.46. The number of anilines is 1. The minimum Gasteiger partial charge on any atom is -0.344 e. The van der Waals surface area contributed by atoms with Crippen molar-refractivity contribution in [3.63, 3.8) is 0 Å². The maximum absolute atomic E-state index is 12.4. The van der Waals surface area contributed by atoms with E-state index >= 15 is 0 Å². The van der Waals surface area contributed by atoms with E-state index in [1.165, 1.54) is 0 Å². The lowest BCUT2D eigenvalue weighted by atomic mass is 10.1. The molecule has 0 radical (unpaired) electrons. The van der Waals surface area contributed by atoms with E-state index in [-0.39, 0.29) is 13.1 Å². The van der Waals surface area contributed by atoms with Gasteiger partial charge in [-0.3, -0.25) is 0 Å². The van der Waals surface area contributed by atoms with E-state index in [9.17, 15) is 8.78 Å². The second-order valence-corrected chi connectivity index (χ2v) is 2.90. The molecule has 1 saturated heterocycles. The number of rotatable bonds is 1. The van der Waals surface area contributed by atoms with Gasteiger partial charge in [0.15, 0.2) is 0 Å². The minimum atomic E-state index is -2.52. The largest absolute Gasteiger partial charge is 0.344 e. The van der Waals surface area contributed by atoms with Gasteiger partial charge < -0.3 is 4.90 Å². The lowest BCUT2D eigenvalue weighted by Gasteiger charge is -2.39.